The van der Waals surface area contributed by atoms with E-state index in [2.05, 4.69) is 15.5 Å². The highest BCUT2D eigenvalue weighted by Gasteiger charge is 2.36. The van der Waals surface area contributed by atoms with Gasteiger partial charge in [-0.2, -0.15) is 4.98 Å². The number of nitrogens with one attached hydrogen (secondary N) is 1. The van der Waals surface area contributed by atoms with Crippen LogP contribution in [0, 0.1) is 5.41 Å². The molecule has 1 heterocycles. The summed E-state index contributed by atoms with van der Waals surface area (Å²) in [6.45, 7) is 7.42. The first-order valence-corrected chi connectivity index (χ1v) is 7.16. The van der Waals surface area contributed by atoms with Crippen molar-refractivity contribution in [1.29, 1.82) is 0 Å². The van der Waals surface area contributed by atoms with Gasteiger partial charge in [-0.3, -0.25) is 4.79 Å². The number of carbonyl (C=O) groups excluding carboxylic acids is 1. The standard InChI is InChI=1S/C14H24N4O2/c1-9(16-12(19)13(2,3)4)10-17-11(18-20-10)14(15)7-5-6-8-14/h9H,5-8,15H2,1-4H3,(H,16,19). The SMILES string of the molecule is CC(NC(=O)C(C)(C)C)c1nc(C2(N)CCCC2)no1. The minimum absolute atomic E-state index is 0.0481. The highest BCUT2D eigenvalue weighted by atomic mass is 16.5. The fourth-order valence-electron chi connectivity index (χ4n) is 2.32. The summed E-state index contributed by atoms with van der Waals surface area (Å²) in [6.07, 6.45) is 3.96. The minimum Gasteiger partial charge on any atom is -0.344 e. The molecule has 1 fully saturated rings. The summed E-state index contributed by atoms with van der Waals surface area (Å²) < 4.78 is 5.26. The molecule has 6 heteroatoms. The van der Waals surface area contributed by atoms with Gasteiger partial charge in [-0.25, -0.2) is 0 Å². The molecule has 1 saturated carbocycles. The van der Waals surface area contributed by atoms with E-state index in [0.717, 1.165) is 25.7 Å². The second-order valence-corrected chi connectivity index (χ2v) is 6.76. The van der Waals surface area contributed by atoms with E-state index in [-0.39, 0.29) is 11.9 Å². The molecule has 0 aliphatic heterocycles. The number of rotatable bonds is 3. The molecule has 1 aromatic heterocycles. The van der Waals surface area contributed by atoms with E-state index in [0.29, 0.717) is 11.7 Å². The van der Waals surface area contributed by atoms with Gasteiger partial charge in [0.25, 0.3) is 0 Å². The lowest BCUT2D eigenvalue weighted by Crippen LogP contribution is -2.37. The summed E-state index contributed by atoms with van der Waals surface area (Å²) in [5.41, 5.74) is 5.38. The highest BCUT2D eigenvalue weighted by Crippen LogP contribution is 2.34. The summed E-state index contributed by atoms with van der Waals surface area (Å²) in [7, 11) is 0. The van der Waals surface area contributed by atoms with Crippen LogP contribution in [0.15, 0.2) is 4.52 Å². The Morgan fingerprint density at radius 3 is 2.55 bits per heavy atom. The Hall–Kier alpha value is -1.43. The molecule has 1 aromatic rings. The van der Waals surface area contributed by atoms with E-state index in [1.54, 1.807) is 0 Å². The number of hydrogen-bond donors (Lipinski definition) is 2. The number of nitrogens with zero attached hydrogens (tertiary/aromatic N) is 2. The van der Waals surface area contributed by atoms with Gasteiger partial charge in [-0.05, 0) is 19.8 Å². The first-order chi connectivity index (χ1) is 9.22. The fraction of sp³-hybridized carbons (Fsp3) is 0.786. The quantitative estimate of drug-likeness (QED) is 0.883. The van der Waals surface area contributed by atoms with Gasteiger partial charge in [0, 0.05) is 5.41 Å². The van der Waals surface area contributed by atoms with Gasteiger partial charge in [-0.15, -0.1) is 0 Å². The fourth-order valence-corrected chi connectivity index (χ4v) is 2.32. The Balaban J connectivity index is 2.07. The van der Waals surface area contributed by atoms with E-state index in [4.69, 9.17) is 10.3 Å². The Labute approximate surface area is 119 Å². The van der Waals surface area contributed by atoms with Gasteiger partial charge in [0.05, 0.1) is 5.54 Å². The lowest BCUT2D eigenvalue weighted by atomic mass is 9.95. The largest absolute Gasteiger partial charge is 0.344 e. The Morgan fingerprint density at radius 1 is 1.40 bits per heavy atom. The second-order valence-electron chi connectivity index (χ2n) is 6.76. The Bertz CT molecular complexity index is 484. The third kappa shape index (κ3) is 3.00. The van der Waals surface area contributed by atoms with Crippen LogP contribution in [0.4, 0.5) is 0 Å². The van der Waals surface area contributed by atoms with Crippen molar-refractivity contribution in [3.8, 4) is 0 Å². The molecule has 0 aromatic carbocycles. The van der Waals surface area contributed by atoms with Crippen molar-refractivity contribution < 1.29 is 9.32 Å². The van der Waals surface area contributed by atoms with Crippen molar-refractivity contribution >= 4 is 5.91 Å². The summed E-state index contributed by atoms with van der Waals surface area (Å²) in [6, 6.07) is -0.312. The monoisotopic (exact) mass is 280 g/mol. The molecule has 1 unspecified atom stereocenters. The number of carbonyl (C=O) groups is 1. The van der Waals surface area contributed by atoms with E-state index >= 15 is 0 Å². The molecule has 0 bridgehead atoms. The molecule has 2 rings (SSSR count). The zero-order valence-electron chi connectivity index (χ0n) is 12.7. The maximum Gasteiger partial charge on any atom is 0.248 e. The van der Waals surface area contributed by atoms with Crippen LogP contribution < -0.4 is 11.1 Å². The molecule has 112 valence electrons. The van der Waals surface area contributed by atoms with E-state index in [9.17, 15) is 4.79 Å². The molecule has 0 radical (unpaired) electrons. The van der Waals surface area contributed by atoms with Crippen LogP contribution in [0.3, 0.4) is 0 Å². The summed E-state index contributed by atoms with van der Waals surface area (Å²) in [4.78, 5) is 16.3. The smallest absolute Gasteiger partial charge is 0.248 e. The van der Waals surface area contributed by atoms with Crippen LogP contribution >= 0.6 is 0 Å². The van der Waals surface area contributed by atoms with Gasteiger partial charge in [0.2, 0.25) is 11.8 Å². The first-order valence-electron chi connectivity index (χ1n) is 7.16. The highest BCUT2D eigenvalue weighted by molar-refractivity contribution is 5.81. The molecule has 1 aliphatic rings. The van der Waals surface area contributed by atoms with Crippen molar-refractivity contribution in [1.82, 2.24) is 15.5 Å². The van der Waals surface area contributed by atoms with Crippen molar-refractivity contribution in [3.05, 3.63) is 11.7 Å². The number of nitrogens with two attached hydrogens (primary N) is 1. The van der Waals surface area contributed by atoms with Crippen LogP contribution in [0.1, 0.15) is 71.1 Å². The van der Waals surface area contributed by atoms with Gasteiger partial charge >= 0.3 is 0 Å². The summed E-state index contributed by atoms with van der Waals surface area (Å²) >= 11 is 0. The molecule has 0 saturated heterocycles. The average molecular weight is 280 g/mol. The average Bonchev–Trinajstić information content (AvgIpc) is 2.96. The predicted molar refractivity (Wildman–Crippen MR) is 74.6 cm³/mol. The third-order valence-corrected chi connectivity index (χ3v) is 3.78. The van der Waals surface area contributed by atoms with Crippen LogP contribution in [0.25, 0.3) is 0 Å². The minimum atomic E-state index is -0.463. The molecule has 3 N–H and O–H groups in total. The molecule has 0 spiro atoms. The van der Waals surface area contributed by atoms with Crippen molar-refractivity contribution in [3.63, 3.8) is 0 Å². The number of aromatic nitrogens is 2. The molecule has 1 aliphatic carbocycles. The van der Waals surface area contributed by atoms with E-state index in [1.165, 1.54) is 0 Å². The number of hydrogen-bond acceptors (Lipinski definition) is 5. The van der Waals surface area contributed by atoms with Gasteiger partial charge in [0.1, 0.15) is 6.04 Å². The molecule has 6 nitrogen and oxygen atoms in total. The predicted octanol–water partition coefficient (Wildman–Crippen LogP) is 2.02. The first kappa shape index (κ1) is 15.0. The Morgan fingerprint density at radius 2 is 2.00 bits per heavy atom. The summed E-state index contributed by atoms with van der Waals surface area (Å²) in [5.74, 6) is 0.921. The van der Waals surface area contributed by atoms with Gasteiger partial charge in [-0.1, -0.05) is 38.8 Å². The lowest BCUT2D eigenvalue weighted by Gasteiger charge is -2.20. The molecular weight excluding hydrogens is 256 g/mol. The van der Waals surface area contributed by atoms with Crippen LogP contribution in [0.5, 0.6) is 0 Å². The van der Waals surface area contributed by atoms with Crippen molar-refractivity contribution in [2.45, 2.75) is 65.0 Å². The maximum atomic E-state index is 11.9. The second kappa shape index (κ2) is 5.16. The van der Waals surface area contributed by atoms with Crippen molar-refractivity contribution in [2.75, 3.05) is 0 Å². The maximum absolute atomic E-state index is 11.9. The van der Waals surface area contributed by atoms with Crippen molar-refractivity contribution in [2.24, 2.45) is 11.1 Å². The third-order valence-electron chi connectivity index (χ3n) is 3.78. The van der Waals surface area contributed by atoms with Crippen LogP contribution in [-0.4, -0.2) is 16.0 Å². The molecular formula is C14H24N4O2. The summed E-state index contributed by atoms with van der Waals surface area (Å²) in [5, 5.41) is 6.87. The van der Waals surface area contributed by atoms with E-state index < -0.39 is 11.0 Å². The molecule has 20 heavy (non-hydrogen) atoms. The normalized spacial score (nSPS) is 19.9. The topological polar surface area (TPSA) is 94.0 Å². The molecule has 1 atom stereocenters. The van der Waals surface area contributed by atoms with Gasteiger partial charge < -0.3 is 15.6 Å². The lowest BCUT2D eigenvalue weighted by molar-refractivity contribution is -0.129. The van der Waals surface area contributed by atoms with E-state index in [1.807, 2.05) is 27.7 Å². The molecule has 1 amide bonds. The van der Waals surface area contributed by atoms with Gasteiger partial charge in [0.15, 0.2) is 5.82 Å². The van der Waals surface area contributed by atoms with Crippen LogP contribution in [-0.2, 0) is 10.3 Å². The zero-order valence-corrected chi connectivity index (χ0v) is 12.7. The zero-order chi connectivity index (χ0) is 15.0. The Kier molecular flexibility index (Phi) is 3.86. The number of amides is 1. The van der Waals surface area contributed by atoms with Crippen LogP contribution in [0.2, 0.25) is 0 Å².